The fraction of sp³-hybridized carbons (Fsp3) is 0.385. The number of hydrogen-bond donors (Lipinski definition) is 0. The molecule has 0 unspecified atom stereocenters. The third kappa shape index (κ3) is 2.36. The number of para-hydroxylation sites is 1. The molecular formula is C13H16N2O3. The van der Waals surface area contributed by atoms with Gasteiger partial charge in [0.1, 0.15) is 0 Å². The van der Waals surface area contributed by atoms with Crippen molar-refractivity contribution in [3.8, 4) is 0 Å². The van der Waals surface area contributed by atoms with Crippen LogP contribution in [0, 0.1) is 0 Å². The van der Waals surface area contributed by atoms with Crippen molar-refractivity contribution in [3.05, 3.63) is 30.0 Å². The second kappa shape index (κ2) is 5.64. The third-order valence-electron chi connectivity index (χ3n) is 2.76. The zero-order valence-electron chi connectivity index (χ0n) is 10.5. The van der Waals surface area contributed by atoms with Crippen molar-refractivity contribution in [1.29, 1.82) is 0 Å². The summed E-state index contributed by atoms with van der Waals surface area (Å²) in [6.45, 7) is 1.38. The molecule has 0 aliphatic heterocycles. The van der Waals surface area contributed by atoms with Gasteiger partial charge in [0, 0.05) is 25.6 Å². The SMILES string of the molecule is COCCCn1nc(C(=O)OC)c2ccccc21. The lowest BCUT2D eigenvalue weighted by atomic mass is 10.2. The van der Waals surface area contributed by atoms with Crippen molar-refractivity contribution in [1.82, 2.24) is 9.78 Å². The monoisotopic (exact) mass is 248 g/mol. The molecule has 0 bridgehead atoms. The van der Waals surface area contributed by atoms with Crippen molar-refractivity contribution in [2.45, 2.75) is 13.0 Å². The van der Waals surface area contributed by atoms with E-state index in [1.165, 1.54) is 7.11 Å². The summed E-state index contributed by atoms with van der Waals surface area (Å²) in [7, 11) is 3.03. The summed E-state index contributed by atoms with van der Waals surface area (Å²) in [4.78, 5) is 11.6. The first kappa shape index (κ1) is 12.6. The molecule has 0 atom stereocenters. The van der Waals surface area contributed by atoms with Crippen LogP contribution in [0.4, 0.5) is 0 Å². The Morgan fingerprint density at radius 2 is 2.11 bits per heavy atom. The van der Waals surface area contributed by atoms with Crippen LogP contribution in [0.3, 0.4) is 0 Å². The van der Waals surface area contributed by atoms with Gasteiger partial charge in [0.25, 0.3) is 0 Å². The van der Waals surface area contributed by atoms with Crippen LogP contribution in [0.5, 0.6) is 0 Å². The highest BCUT2D eigenvalue weighted by molar-refractivity contribution is 6.02. The van der Waals surface area contributed by atoms with Gasteiger partial charge in [-0.05, 0) is 12.5 Å². The first-order valence-corrected chi connectivity index (χ1v) is 5.80. The van der Waals surface area contributed by atoms with Crippen LogP contribution in [-0.4, -0.2) is 36.6 Å². The van der Waals surface area contributed by atoms with Crippen LogP contribution < -0.4 is 0 Å². The van der Waals surface area contributed by atoms with E-state index in [1.807, 2.05) is 28.9 Å². The lowest BCUT2D eigenvalue weighted by Gasteiger charge is -2.02. The molecule has 0 amide bonds. The minimum absolute atomic E-state index is 0.366. The smallest absolute Gasteiger partial charge is 0.359 e. The Hall–Kier alpha value is -1.88. The molecule has 0 spiro atoms. The van der Waals surface area contributed by atoms with E-state index in [0.29, 0.717) is 18.8 Å². The molecule has 1 aromatic heterocycles. The second-order valence-electron chi connectivity index (χ2n) is 3.93. The largest absolute Gasteiger partial charge is 0.464 e. The number of methoxy groups -OCH3 is 2. The Kier molecular flexibility index (Phi) is 3.94. The number of carbonyl (C=O) groups is 1. The zero-order chi connectivity index (χ0) is 13.0. The molecular weight excluding hydrogens is 232 g/mol. The van der Waals surface area contributed by atoms with Gasteiger partial charge in [-0.25, -0.2) is 4.79 Å². The average Bonchev–Trinajstić information content (AvgIpc) is 2.78. The summed E-state index contributed by atoms with van der Waals surface area (Å²) in [5.41, 5.74) is 1.31. The number of ether oxygens (including phenoxy) is 2. The maximum atomic E-state index is 11.6. The number of carbonyl (C=O) groups excluding carboxylic acids is 1. The molecule has 0 N–H and O–H groups in total. The topological polar surface area (TPSA) is 53.4 Å². The fourth-order valence-electron chi connectivity index (χ4n) is 1.90. The third-order valence-corrected chi connectivity index (χ3v) is 2.76. The van der Waals surface area contributed by atoms with E-state index in [-0.39, 0.29) is 0 Å². The first-order chi connectivity index (χ1) is 8.77. The number of nitrogens with zero attached hydrogens (tertiary/aromatic N) is 2. The molecule has 0 saturated carbocycles. The molecule has 0 fully saturated rings. The molecule has 0 aliphatic rings. The van der Waals surface area contributed by atoms with Crippen LogP contribution in [0.2, 0.25) is 0 Å². The molecule has 5 nitrogen and oxygen atoms in total. The maximum Gasteiger partial charge on any atom is 0.359 e. The predicted molar refractivity (Wildman–Crippen MR) is 67.6 cm³/mol. The lowest BCUT2D eigenvalue weighted by molar-refractivity contribution is 0.0595. The van der Waals surface area contributed by atoms with Crippen LogP contribution in [0.15, 0.2) is 24.3 Å². The number of rotatable bonds is 5. The first-order valence-electron chi connectivity index (χ1n) is 5.80. The van der Waals surface area contributed by atoms with E-state index < -0.39 is 5.97 Å². The molecule has 0 saturated heterocycles. The van der Waals surface area contributed by atoms with E-state index in [2.05, 4.69) is 5.10 Å². The lowest BCUT2D eigenvalue weighted by Crippen LogP contribution is -2.06. The molecule has 96 valence electrons. The van der Waals surface area contributed by atoms with Crippen LogP contribution >= 0.6 is 0 Å². The highest BCUT2D eigenvalue weighted by atomic mass is 16.5. The van der Waals surface area contributed by atoms with Crippen molar-refractivity contribution >= 4 is 16.9 Å². The molecule has 1 aromatic carbocycles. The molecule has 18 heavy (non-hydrogen) atoms. The van der Waals surface area contributed by atoms with Crippen LogP contribution in [0.1, 0.15) is 16.9 Å². The van der Waals surface area contributed by atoms with E-state index in [9.17, 15) is 4.79 Å². The summed E-state index contributed by atoms with van der Waals surface area (Å²) in [5, 5.41) is 5.14. The predicted octanol–water partition coefficient (Wildman–Crippen LogP) is 1.86. The molecule has 0 radical (unpaired) electrons. The molecule has 2 rings (SSSR count). The number of benzene rings is 1. The minimum Gasteiger partial charge on any atom is -0.464 e. The van der Waals surface area contributed by atoms with E-state index >= 15 is 0 Å². The number of aryl methyl sites for hydroxylation is 1. The Labute approximate surface area is 105 Å². The van der Waals surface area contributed by atoms with Gasteiger partial charge in [-0.2, -0.15) is 5.10 Å². The van der Waals surface area contributed by atoms with Crippen molar-refractivity contribution in [3.63, 3.8) is 0 Å². The Bertz CT molecular complexity index is 548. The highest BCUT2D eigenvalue weighted by Gasteiger charge is 2.16. The van der Waals surface area contributed by atoms with Gasteiger partial charge < -0.3 is 9.47 Å². The summed E-state index contributed by atoms with van der Waals surface area (Å²) in [6.07, 6.45) is 0.850. The molecule has 1 heterocycles. The quantitative estimate of drug-likeness (QED) is 0.598. The number of aromatic nitrogens is 2. The van der Waals surface area contributed by atoms with E-state index in [0.717, 1.165) is 17.3 Å². The summed E-state index contributed by atoms with van der Waals surface area (Å²) in [5.74, 6) is -0.406. The van der Waals surface area contributed by atoms with Gasteiger partial charge in [0.15, 0.2) is 5.69 Å². The van der Waals surface area contributed by atoms with Crippen LogP contribution in [0.25, 0.3) is 10.9 Å². The van der Waals surface area contributed by atoms with Crippen molar-refractivity contribution in [2.75, 3.05) is 20.8 Å². The molecule has 0 aliphatic carbocycles. The fourth-order valence-corrected chi connectivity index (χ4v) is 1.90. The van der Waals surface area contributed by atoms with Gasteiger partial charge in [-0.15, -0.1) is 0 Å². The van der Waals surface area contributed by atoms with Crippen molar-refractivity contribution < 1.29 is 14.3 Å². The van der Waals surface area contributed by atoms with E-state index in [1.54, 1.807) is 7.11 Å². The van der Waals surface area contributed by atoms with Gasteiger partial charge in [0.05, 0.1) is 12.6 Å². The van der Waals surface area contributed by atoms with Gasteiger partial charge in [-0.1, -0.05) is 18.2 Å². The molecule has 5 heteroatoms. The summed E-state index contributed by atoms with van der Waals surface area (Å²) < 4.78 is 11.6. The van der Waals surface area contributed by atoms with Gasteiger partial charge >= 0.3 is 5.97 Å². The minimum atomic E-state index is -0.406. The Balaban J connectivity index is 2.38. The normalized spacial score (nSPS) is 10.8. The maximum absolute atomic E-state index is 11.6. The number of esters is 1. The van der Waals surface area contributed by atoms with Crippen molar-refractivity contribution in [2.24, 2.45) is 0 Å². The zero-order valence-corrected chi connectivity index (χ0v) is 10.5. The standard InChI is InChI=1S/C13H16N2O3/c1-17-9-5-8-15-11-7-4-3-6-10(11)12(14-15)13(16)18-2/h3-4,6-7H,5,8-9H2,1-2H3. The average molecular weight is 248 g/mol. The Morgan fingerprint density at radius 1 is 1.33 bits per heavy atom. The van der Waals surface area contributed by atoms with Crippen LogP contribution in [-0.2, 0) is 16.0 Å². The number of fused-ring (bicyclic) bond motifs is 1. The Morgan fingerprint density at radius 3 is 2.83 bits per heavy atom. The second-order valence-corrected chi connectivity index (χ2v) is 3.93. The molecule has 2 aromatic rings. The highest BCUT2D eigenvalue weighted by Crippen LogP contribution is 2.19. The summed E-state index contributed by atoms with van der Waals surface area (Å²) >= 11 is 0. The van der Waals surface area contributed by atoms with Gasteiger partial charge in [-0.3, -0.25) is 4.68 Å². The number of hydrogen-bond acceptors (Lipinski definition) is 4. The summed E-state index contributed by atoms with van der Waals surface area (Å²) in [6, 6.07) is 7.64. The van der Waals surface area contributed by atoms with Gasteiger partial charge in [0.2, 0.25) is 0 Å². The van der Waals surface area contributed by atoms with E-state index in [4.69, 9.17) is 9.47 Å².